The van der Waals surface area contributed by atoms with Crippen molar-refractivity contribution in [2.75, 3.05) is 31.6 Å². The molecular weight excluding hydrogens is 369 g/mol. The third-order valence-corrected chi connectivity index (χ3v) is 5.82. The standard InChI is InChI=1S/C20H21ClFN3O2/c1-12(26)25-10-14-9-24(20-18(22)7-15(21)8-23-20)11-17(14)19(25)13-3-5-16(27-2)6-4-13/h3-8,14,17,19H,9-11H2,1-2H3/t14-,17-,19+/m1/s1. The van der Waals surface area contributed by atoms with E-state index in [0.717, 1.165) is 11.3 Å². The van der Waals surface area contributed by atoms with Gasteiger partial charge in [-0.25, -0.2) is 9.37 Å². The van der Waals surface area contributed by atoms with E-state index < -0.39 is 5.82 Å². The molecule has 142 valence electrons. The number of hydrogen-bond acceptors (Lipinski definition) is 4. The molecule has 0 bridgehead atoms. The molecule has 1 amide bonds. The predicted molar refractivity (Wildman–Crippen MR) is 102 cm³/mol. The first kappa shape index (κ1) is 18.0. The summed E-state index contributed by atoms with van der Waals surface area (Å²) in [5, 5.41) is 0.287. The number of likely N-dealkylation sites (tertiary alicyclic amines) is 1. The lowest BCUT2D eigenvalue weighted by molar-refractivity contribution is -0.130. The van der Waals surface area contributed by atoms with Crippen LogP contribution in [0, 0.1) is 17.7 Å². The second kappa shape index (κ2) is 7.00. The number of aromatic nitrogens is 1. The van der Waals surface area contributed by atoms with Gasteiger partial charge in [-0.2, -0.15) is 0 Å². The topological polar surface area (TPSA) is 45.7 Å². The minimum Gasteiger partial charge on any atom is -0.497 e. The molecule has 0 spiro atoms. The SMILES string of the molecule is COc1ccc([C@H]2[C@@H]3CN(c4ncc(Cl)cc4F)C[C@@H]3CN2C(C)=O)cc1. The Morgan fingerprint density at radius 3 is 2.63 bits per heavy atom. The Balaban J connectivity index is 1.63. The van der Waals surface area contributed by atoms with E-state index in [1.807, 2.05) is 34.1 Å². The van der Waals surface area contributed by atoms with Crippen molar-refractivity contribution in [1.29, 1.82) is 0 Å². The first-order valence-electron chi connectivity index (χ1n) is 8.95. The molecule has 2 aromatic rings. The molecule has 2 fully saturated rings. The summed E-state index contributed by atoms with van der Waals surface area (Å²) < 4.78 is 19.6. The zero-order valence-electron chi connectivity index (χ0n) is 15.2. The zero-order chi connectivity index (χ0) is 19.1. The molecule has 2 aliphatic rings. The summed E-state index contributed by atoms with van der Waals surface area (Å²) in [5.74, 6) is 1.26. The molecular formula is C20H21ClFN3O2. The van der Waals surface area contributed by atoms with Crippen LogP contribution in [0.3, 0.4) is 0 Å². The number of ether oxygens (including phenoxy) is 1. The van der Waals surface area contributed by atoms with Crippen molar-refractivity contribution in [1.82, 2.24) is 9.88 Å². The first-order chi connectivity index (χ1) is 13.0. The van der Waals surface area contributed by atoms with Crippen LogP contribution in [0.1, 0.15) is 18.5 Å². The highest BCUT2D eigenvalue weighted by Crippen LogP contribution is 2.46. The molecule has 5 nitrogen and oxygen atoms in total. The summed E-state index contributed by atoms with van der Waals surface area (Å²) >= 11 is 5.83. The van der Waals surface area contributed by atoms with Gasteiger partial charge in [0.25, 0.3) is 0 Å². The van der Waals surface area contributed by atoms with E-state index in [0.29, 0.717) is 25.5 Å². The molecule has 3 atom stereocenters. The summed E-state index contributed by atoms with van der Waals surface area (Å²) in [6, 6.07) is 9.10. The van der Waals surface area contributed by atoms with Gasteiger partial charge in [0.2, 0.25) is 5.91 Å². The van der Waals surface area contributed by atoms with Crippen LogP contribution in [0.2, 0.25) is 5.02 Å². The van der Waals surface area contributed by atoms with Crippen LogP contribution in [0.5, 0.6) is 5.75 Å². The normalized spacial score (nSPS) is 24.2. The van der Waals surface area contributed by atoms with E-state index >= 15 is 0 Å². The van der Waals surface area contributed by atoms with Crippen molar-refractivity contribution in [3.8, 4) is 5.75 Å². The molecule has 2 saturated heterocycles. The van der Waals surface area contributed by atoms with E-state index in [1.165, 1.54) is 12.3 Å². The fourth-order valence-electron chi connectivity index (χ4n) is 4.41. The molecule has 3 heterocycles. The Labute approximate surface area is 162 Å². The van der Waals surface area contributed by atoms with Gasteiger partial charge >= 0.3 is 0 Å². The van der Waals surface area contributed by atoms with E-state index in [9.17, 15) is 9.18 Å². The minimum absolute atomic E-state index is 0.0289. The first-order valence-corrected chi connectivity index (χ1v) is 9.33. The van der Waals surface area contributed by atoms with Gasteiger partial charge in [0.05, 0.1) is 18.2 Å². The molecule has 4 rings (SSSR count). The summed E-state index contributed by atoms with van der Waals surface area (Å²) in [7, 11) is 1.63. The number of rotatable bonds is 3. The monoisotopic (exact) mass is 389 g/mol. The molecule has 1 aromatic heterocycles. The van der Waals surface area contributed by atoms with Crippen LogP contribution < -0.4 is 9.64 Å². The van der Waals surface area contributed by atoms with Gasteiger partial charge in [-0.05, 0) is 23.8 Å². The summed E-state index contributed by atoms with van der Waals surface area (Å²) in [6.45, 7) is 3.60. The Morgan fingerprint density at radius 2 is 2.00 bits per heavy atom. The van der Waals surface area contributed by atoms with Gasteiger partial charge in [0, 0.05) is 44.6 Å². The summed E-state index contributed by atoms with van der Waals surface area (Å²) in [6.07, 6.45) is 1.47. The lowest BCUT2D eigenvalue weighted by atomic mass is 9.89. The van der Waals surface area contributed by atoms with Gasteiger partial charge in [-0.3, -0.25) is 4.79 Å². The number of hydrogen-bond donors (Lipinski definition) is 0. The molecule has 2 aliphatic heterocycles. The van der Waals surface area contributed by atoms with Crippen molar-refractivity contribution >= 4 is 23.3 Å². The van der Waals surface area contributed by atoms with Gasteiger partial charge in [-0.1, -0.05) is 23.7 Å². The number of amides is 1. The van der Waals surface area contributed by atoms with Crippen molar-refractivity contribution in [2.45, 2.75) is 13.0 Å². The molecule has 0 saturated carbocycles. The molecule has 0 N–H and O–H groups in total. The fraction of sp³-hybridized carbons (Fsp3) is 0.400. The van der Waals surface area contributed by atoms with Crippen LogP contribution in [0.15, 0.2) is 36.5 Å². The van der Waals surface area contributed by atoms with Crippen LogP contribution in [-0.4, -0.2) is 42.5 Å². The third kappa shape index (κ3) is 3.23. The van der Waals surface area contributed by atoms with E-state index in [-0.39, 0.29) is 28.8 Å². The number of halogens is 2. The maximum atomic E-state index is 14.3. The van der Waals surface area contributed by atoms with Crippen LogP contribution >= 0.6 is 11.6 Å². The van der Waals surface area contributed by atoms with Crippen molar-refractivity contribution < 1.29 is 13.9 Å². The number of methoxy groups -OCH3 is 1. The second-order valence-corrected chi connectivity index (χ2v) is 7.61. The van der Waals surface area contributed by atoms with Crippen molar-refractivity contribution in [3.63, 3.8) is 0 Å². The highest BCUT2D eigenvalue weighted by atomic mass is 35.5. The fourth-order valence-corrected chi connectivity index (χ4v) is 4.55. The second-order valence-electron chi connectivity index (χ2n) is 7.18. The Morgan fingerprint density at radius 1 is 1.26 bits per heavy atom. The molecule has 0 unspecified atom stereocenters. The number of benzene rings is 1. The highest BCUT2D eigenvalue weighted by Gasteiger charge is 2.49. The van der Waals surface area contributed by atoms with Gasteiger partial charge < -0.3 is 14.5 Å². The van der Waals surface area contributed by atoms with Crippen LogP contribution in [0.4, 0.5) is 10.2 Å². The number of carbonyl (C=O) groups is 1. The number of carbonyl (C=O) groups excluding carboxylic acids is 1. The van der Waals surface area contributed by atoms with Crippen molar-refractivity contribution in [2.24, 2.45) is 11.8 Å². The Hall–Kier alpha value is -2.34. The van der Waals surface area contributed by atoms with E-state index in [4.69, 9.17) is 16.3 Å². The highest BCUT2D eigenvalue weighted by molar-refractivity contribution is 6.30. The lowest BCUT2D eigenvalue weighted by Crippen LogP contribution is -2.34. The smallest absolute Gasteiger partial charge is 0.219 e. The lowest BCUT2D eigenvalue weighted by Gasteiger charge is -2.29. The molecule has 27 heavy (non-hydrogen) atoms. The maximum Gasteiger partial charge on any atom is 0.219 e. The zero-order valence-corrected chi connectivity index (χ0v) is 16.0. The largest absolute Gasteiger partial charge is 0.497 e. The Kier molecular flexibility index (Phi) is 4.68. The number of anilines is 1. The summed E-state index contributed by atoms with van der Waals surface area (Å²) in [4.78, 5) is 20.3. The average Bonchev–Trinajstić information content (AvgIpc) is 3.19. The maximum absolute atomic E-state index is 14.3. The molecule has 0 aliphatic carbocycles. The summed E-state index contributed by atoms with van der Waals surface area (Å²) in [5.41, 5.74) is 1.07. The number of nitrogens with zero attached hydrogens (tertiary/aromatic N) is 3. The quantitative estimate of drug-likeness (QED) is 0.805. The molecule has 1 aromatic carbocycles. The van der Waals surface area contributed by atoms with E-state index in [1.54, 1.807) is 14.0 Å². The number of pyridine rings is 1. The molecule has 0 radical (unpaired) electrons. The number of fused-ring (bicyclic) bond motifs is 1. The van der Waals surface area contributed by atoms with Gasteiger partial charge in [0.1, 0.15) is 5.75 Å². The third-order valence-electron chi connectivity index (χ3n) is 5.61. The Bertz CT molecular complexity index is 861. The minimum atomic E-state index is -0.410. The van der Waals surface area contributed by atoms with Gasteiger partial charge in [0.15, 0.2) is 11.6 Å². The predicted octanol–water partition coefficient (Wildman–Crippen LogP) is 3.54. The average molecular weight is 390 g/mol. The van der Waals surface area contributed by atoms with Crippen molar-refractivity contribution in [3.05, 3.63) is 52.9 Å². The molecule has 7 heteroatoms. The van der Waals surface area contributed by atoms with Crippen LogP contribution in [0.25, 0.3) is 0 Å². The van der Waals surface area contributed by atoms with Gasteiger partial charge in [-0.15, -0.1) is 0 Å². The van der Waals surface area contributed by atoms with E-state index in [2.05, 4.69) is 4.98 Å². The van der Waals surface area contributed by atoms with Crippen LogP contribution in [-0.2, 0) is 4.79 Å².